The van der Waals surface area contributed by atoms with Crippen LogP contribution >= 0.6 is 0 Å². The van der Waals surface area contributed by atoms with E-state index in [1.165, 1.54) is 4.90 Å². The van der Waals surface area contributed by atoms with Gasteiger partial charge in [-0.15, -0.1) is 0 Å². The lowest BCUT2D eigenvalue weighted by molar-refractivity contribution is -0.137. The lowest BCUT2D eigenvalue weighted by Gasteiger charge is -2.29. The van der Waals surface area contributed by atoms with E-state index in [2.05, 4.69) is 37.3 Å². The van der Waals surface area contributed by atoms with Gasteiger partial charge in [-0.05, 0) is 47.7 Å². The highest BCUT2D eigenvalue weighted by Gasteiger charge is 2.40. The number of fused-ring (bicyclic) bond motifs is 3. The van der Waals surface area contributed by atoms with Gasteiger partial charge in [0.1, 0.15) is 17.6 Å². The molecule has 3 aliphatic rings. The first-order valence-corrected chi connectivity index (χ1v) is 19.0. The molecule has 286 valence electrons. The Morgan fingerprint density at radius 3 is 2.53 bits per heavy atom. The molecule has 3 aliphatic heterocycles. The van der Waals surface area contributed by atoms with E-state index in [9.17, 15) is 24.0 Å². The molecule has 2 aromatic carbocycles. The number of pyridine rings is 2. The van der Waals surface area contributed by atoms with Crippen LogP contribution in [0.15, 0.2) is 73.1 Å². The topological polar surface area (TPSA) is 188 Å². The fourth-order valence-corrected chi connectivity index (χ4v) is 8.09. The zero-order chi connectivity index (χ0) is 39.4. The number of aromatic amines is 1. The summed E-state index contributed by atoms with van der Waals surface area (Å²) in [5.41, 5.74) is 7.82. The van der Waals surface area contributed by atoms with Gasteiger partial charge >= 0.3 is 0 Å². The van der Waals surface area contributed by atoms with E-state index in [4.69, 9.17) is 9.97 Å². The fourth-order valence-electron chi connectivity index (χ4n) is 8.09. The molecule has 6 aromatic rings. The smallest absolute Gasteiger partial charge is 0.270 e. The number of amides is 5. The molecule has 4 aromatic heterocycles. The zero-order valence-corrected chi connectivity index (χ0v) is 31.3. The minimum Gasteiger partial charge on any atom is -0.345 e. The van der Waals surface area contributed by atoms with E-state index in [-0.39, 0.29) is 55.3 Å². The monoisotopic (exact) mass is 762 g/mol. The number of piperidine rings is 1. The van der Waals surface area contributed by atoms with Crippen LogP contribution in [0.2, 0.25) is 0 Å². The van der Waals surface area contributed by atoms with E-state index >= 15 is 0 Å². The van der Waals surface area contributed by atoms with Crippen molar-refractivity contribution in [2.45, 2.75) is 65.3 Å². The lowest BCUT2D eigenvalue weighted by atomic mass is 10.0. The molecule has 7 heterocycles. The molecule has 3 N–H and O–H groups in total. The predicted octanol–water partition coefficient (Wildman–Crippen LogP) is 4.17. The molecule has 1 saturated heterocycles. The highest BCUT2D eigenvalue weighted by atomic mass is 16.2. The molecule has 0 spiro atoms. The molecule has 15 heteroatoms. The highest BCUT2D eigenvalue weighted by Crippen LogP contribution is 2.36. The Kier molecular flexibility index (Phi) is 8.91. The second kappa shape index (κ2) is 14.2. The average molecular weight is 763 g/mol. The number of imide groups is 1. The van der Waals surface area contributed by atoms with E-state index < -0.39 is 11.9 Å². The summed E-state index contributed by atoms with van der Waals surface area (Å²) in [6, 6.07) is 18.0. The Morgan fingerprint density at radius 1 is 0.912 bits per heavy atom. The summed E-state index contributed by atoms with van der Waals surface area (Å²) in [4.78, 5) is 80.5. The SMILES string of the molecule is CCc1nc(-c2cccc3cc(-c4ccc(C(=O)NCc5cc(-c6cccc7c6CN(C6CCC(=O)NC6=O)C7=O)n[nH]5)nc4)ncc23)c2n1CCN(C(C)=O)C2. The van der Waals surface area contributed by atoms with Crippen LogP contribution in [-0.4, -0.2) is 81.6 Å². The summed E-state index contributed by atoms with van der Waals surface area (Å²) in [7, 11) is 0. The molecule has 0 aliphatic carbocycles. The van der Waals surface area contributed by atoms with E-state index in [1.807, 2.05) is 53.6 Å². The number of hydrogen-bond acceptors (Lipinski definition) is 9. The van der Waals surface area contributed by atoms with E-state index in [0.717, 1.165) is 63.2 Å². The number of aryl methyl sites for hydroxylation is 1. The number of rotatable bonds is 8. The number of aromatic nitrogens is 6. The first-order valence-electron chi connectivity index (χ1n) is 19.0. The number of nitrogens with one attached hydrogen (secondary N) is 3. The van der Waals surface area contributed by atoms with Crippen LogP contribution < -0.4 is 10.6 Å². The molecular formula is C42H38N10O5. The second-order valence-electron chi connectivity index (χ2n) is 14.5. The average Bonchev–Trinajstić information content (AvgIpc) is 3.95. The summed E-state index contributed by atoms with van der Waals surface area (Å²) >= 11 is 0. The van der Waals surface area contributed by atoms with Gasteiger partial charge < -0.3 is 19.7 Å². The molecule has 57 heavy (non-hydrogen) atoms. The largest absolute Gasteiger partial charge is 0.345 e. The van der Waals surface area contributed by atoms with Gasteiger partial charge in [-0.1, -0.05) is 37.3 Å². The first-order chi connectivity index (χ1) is 27.7. The zero-order valence-electron chi connectivity index (χ0n) is 31.3. The van der Waals surface area contributed by atoms with Crippen LogP contribution in [0.3, 0.4) is 0 Å². The molecule has 5 amide bonds. The minimum absolute atomic E-state index is 0.0510. The first kappa shape index (κ1) is 35.7. The van der Waals surface area contributed by atoms with Crippen LogP contribution in [0.1, 0.15) is 70.3 Å². The van der Waals surface area contributed by atoms with E-state index in [0.29, 0.717) is 35.7 Å². The van der Waals surface area contributed by atoms with Crippen molar-refractivity contribution in [1.82, 2.24) is 50.1 Å². The standard InChI is InChI=1S/C42H38N10O5/c1-3-37-46-39(36-22-50(23(2)53)14-15-51(36)37)28-8-4-6-24-16-33(44-20-30(24)28)25-10-11-32(43-18-25)40(55)45-19-26-17-34(49-48-26)27-7-5-9-29-31(27)21-52(42(29)57)35-12-13-38(54)47-41(35)56/h4-11,16-18,20,35H,3,12-15,19,21-22H2,1-2H3,(H,45,55)(H,48,49)(H,47,54,56). The van der Waals surface area contributed by atoms with Gasteiger partial charge in [0.05, 0.1) is 41.6 Å². The van der Waals surface area contributed by atoms with Crippen molar-refractivity contribution in [2.24, 2.45) is 0 Å². The normalized spacial score (nSPS) is 16.5. The summed E-state index contributed by atoms with van der Waals surface area (Å²) in [6.45, 7) is 5.99. The maximum Gasteiger partial charge on any atom is 0.270 e. The van der Waals surface area contributed by atoms with Gasteiger partial charge in [0.25, 0.3) is 11.8 Å². The Morgan fingerprint density at radius 2 is 1.74 bits per heavy atom. The van der Waals surface area contributed by atoms with Crippen LogP contribution in [0.5, 0.6) is 0 Å². The fraction of sp³-hybridized carbons (Fsp3) is 0.262. The second-order valence-corrected chi connectivity index (χ2v) is 14.5. The molecule has 9 rings (SSSR count). The number of benzene rings is 2. The highest BCUT2D eigenvalue weighted by molar-refractivity contribution is 6.06. The lowest BCUT2D eigenvalue weighted by Crippen LogP contribution is -2.52. The van der Waals surface area contributed by atoms with Crippen molar-refractivity contribution in [3.05, 3.63) is 107 Å². The van der Waals surface area contributed by atoms with Gasteiger partial charge in [0.2, 0.25) is 17.7 Å². The number of carbonyl (C=O) groups is 5. The molecular weight excluding hydrogens is 725 g/mol. The third kappa shape index (κ3) is 6.40. The van der Waals surface area contributed by atoms with Crippen molar-refractivity contribution in [3.63, 3.8) is 0 Å². The third-order valence-corrected chi connectivity index (χ3v) is 11.1. The number of H-pyrrole nitrogens is 1. The van der Waals surface area contributed by atoms with Crippen LogP contribution in [0.25, 0.3) is 44.5 Å². The Labute approximate surface area is 326 Å². The van der Waals surface area contributed by atoms with Crippen LogP contribution in [0, 0.1) is 0 Å². The predicted molar refractivity (Wildman–Crippen MR) is 208 cm³/mol. The van der Waals surface area contributed by atoms with Gasteiger partial charge in [0, 0.05) is 79.4 Å². The van der Waals surface area contributed by atoms with Gasteiger partial charge in [0.15, 0.2) is 0 Å². The molecule has 0 radical (unpaired) electrons. The molecule has 0 bridgehead atoms. The number of hydrogen-bond donors (Lipinski definition) is 3. The molecule has 0 saturated carbocycles. The number of carbonyl (C=O) groups excluding carboxylic acids is 5. The van der Waals surface area contributed by atoms with Crippen molar-refractivity contribution in [1.29, 1.82) is 0 Å². The maximum absolute atomic E-state index is 13.3. The molecule has 15 nitrogen and oxygen atoms in total. The Hall–Kier alpha value is -7.03. The van der Waals surface area contributed by atoms with Crippen molar-refractivity contribution >= 4 is 40.3 Å². The number of nitrogens with zero attached hydrogens (tertiary/aromatic N) is 7. The molecule has 1 unspecified atom stereocenters. The molecule has 1 atom stereocenters. The van der Waals surface area contributed by atoms with Crippen molar-refractivity contribution in [2.75, 3.05) is 6.54 Å². The van der Waals surface area contributed by atoms with Crippen molar-refractivity contribution in [3.8, 4) is 33.8 Å². The quantitative estimate of drug-likeness (QED) is 0.191. The summed E-state index contributed by atoms with van der Waals surface area (Å²) in [5, 5.41) is 14.6. The van der Waals surface area contributed by atoms with Gasteiger partial charge in [-0.2, -0.15) is 5.10 Å². The minimum atomic E-state index is -0.712. The maximum atomic E-state index is 13.3. The van der Waals surface area contributed by atoms with Crippen LogP contribution in [0.4, 0.5) is 0 Å². The van der Waals surface area contributed by atoms with Crippen molar-refractivity contribution < 1.29 is 24.0 Å². The summed E-state index contributed by atoms with van der Waals surface area (Å²) in [6.07, 6.45) is 4.73. The van der Waals surface area contributed by atoms with Gasteiger partial charge in [-0.25, -0.2) is 4.98 Å². The summed E-state index contributed by atoms with van der Waals surface area (Å²) < 4.78 is 2.24. The van der Waals surface area contributed by atoms with Gasteiger partial charge in [-0.3, -0.25) is 44.4 Å². The molecule has 1 fully saturated rings. The van der Waals surface area contributed by atoms with Crippen LogP contribution in [-0.2, 0) is 47.0 Å². The van der Waals surface area contributed by atoms with E-state index in [1.54, 1.807) is 31.3 Å². The number of imidazole rings is 1. The third-order valence-electron chi connectivity index (χ3n) is 11.1. The Balaban J connectivity index is 0.876. The summed E-state index contributed by atoms with van der Waals surface area (Å²) in [5.74, 6) is -0.362. The Bertz CT molecular complexity index is 2650.